The summed E-state index contributed by atoms with van der Waals surface area (Å²) in [5.41, 5.74) is 1.54. The number of benzene rings is 1. The van der Waals surface area contributed by atoms with Crippen LogP contribution in [0.25, 0.3) is 10.9 Å². The summed E-state index contributed by atoms with van der Waals surface area (Å²) in [5.74, 6) is -0.0532. The molecule has 1 unspecified atom stereocenters. The Morgan fingerprint density at radius 2 is 2.25 bits per heavy atom. The van der Waals surface area contributed by atoms with Crippen molar-refractivity contribution in [3.8, 4) is 0 Å². The number of hydrogen-bond donors (Lipinski definition) is 2. The number of hydrogen-bond acceptors (Lipinski definition) is 3. The van der Waals surface area contributed by atoms with Crippen LogP contribution in [0.15, 0.2) is 34.9 Å². The highest BCUT2D eigenvalue weighted by Crippen LogP contribution is 2.23. The minimum absolute atomic E-state index is 0.0532. The Balaban J connectivity index is 2.11. The molecule has 106 valence electrons. The van der Waals surface area contributed by atoms with Gasteiger partial charge in [0.15, 0.2) is 0 Å². The molecule has 0 saturated heterocycles. The summed E-state index contributed by atoms with van der Waals surface area (Å²) in [5, 5.41) is 7.07. The molecule has 1 atom stereocenters. The van der Waals surface area contributed by atoms with Crippen LogP contribution < -0.4 is 10.6 Å². The van der Waals surface area contributed by atoms with E-state index < -0.39 is 0 Å². The smallest absolute Gasteiger partial charge is 0.238 e. The highest BCUT2D eigenvalue weighted by atomic mass is 79.9. The van der Waals surface area contributed by atoms with Gasteiger partial charge in [-0.05, 0) is 41.4 Å². The van der Waals surface area contributed by atoms with Gasteiger partial charge < -0.3 is 10.6 Å². The van der Waals surface area contributed by atoms with Crippen molar-refractivity contribution in [3.63, 3.8) is 0 Å². The van der Waals surface area contributed by atoms with E-state index >= 15 is 0 Å². The van der Waals surface area contributed by atoms with Gasteiger partial charge in [0.2, 0.25) is 5.91 Å². The fourth-order valence-electron chi connectivity index (χ4n) is 1.84. The predicted molar refractivity (Wildman–Crippen MR) is 85.8 cm³/mol. The van der Waals surface area contributed by atoms with Crippen molar-refractivity contribution in [1.29, 1.82) is 0 Å². The summed E-state index contributed by atoms with van der Waals surface area (Å²) in [7, 11) is 0. The first-order chi connectivity index (χ1) is 9.60. The van der Waals surface area contributed by atoms with Crippen LogP contribution >= 0.6 is 15.9 Å². The molecular weight excluding hydrogens is 318 g/mol. The number of halogens is 1. The van der Waals surface area contributed by atoms with E-state index in [9.17, 15) is 4.79 Å². The fraction of sp³-hybridized carbons (Fsp3) is 0.333. The van der Waals surface area contributed by atoms with Crippen molar-refractivity contribution in [2.45, 2.75) is 26.3 Å². The predicted octanol–water partition coefficient (Wildman–Crippen LogP) is 3.32. The van der Waals surface area contributed by atoms with E-state index in [0.29, 0.717) is 12.6 Å². The first kappa shape index (κ1) is 14.9. The Kier molecular flexibility index (Phi) is 5.09. The van der Waals surface area contributed by atoms with Crippen molar-refractivity contribution in [2.75, 3.05) is 11.9 Å². The van der Waals surface area contributed by atoms with E-state index in [-0.39, 0.29) is 5.91 Å². The zero-order valence-electron chi connectivity index (χ0n) is 11.6. The third-order valence-electron chi connectivity index (χ3n) is 3.18. The largest absolute Gasteiger partial charge is 0.323 e. The molecule has 2 N–H and O–H groups in total. The summed E-state index contributed by atoms with van der Waals surface area (Å²) < 4.78 is 0.923. The van der Waals surface area contributed by atoms with Crippen LogP contribution in [0.2, 0.25) is 0 Å². The summed E-state index contributed by atoms with van der Waals surface area (Å²) >= 11 is 3.40. The lowest BCUT2D eigenvalue weighted by molar-refractivity contribution is -0.115. The minimum Gasteiger partial charge on any atom is -0.323 e. The molecule has 0 fully saturated rings. The number of fused-ring (bicyclic) bond motifs is 1. The van der Waals surface area contributed by atoms with Gasteiger partial charge in [-0.15, -0.1) is 0 Å². The number of carbonyl (C=O) groups is 1. The standard InChI is InChI=1S/C15H18BrN3O/c1-3-10(2)17-9-14(20)19-13-6-4-5-11-7-12(16)8-18-15(11)13/h4-8,10,17H,3,9H2,1-2H3,(H,19,20). The molecule has 0 spiro atoms. The molecule has 0 bridgehead atoms. The van der Waals surface area contributed by atoms with Gasteiger partial charge in [0.1, 0.15) is 0 Å². The summed E-state index contributed by atoms with van der Waals surface area (Å²) in [6, 6.07) is 8.07. The summed E-state index contributed by atoms with van der Waals surface area (Å²) in [6.07, 6.45) is 2.73. The molecule has 0 saturated carbocycles. The molecule has 0 aliphatic rings. The van der Waals surface area contributed by atoms with Crippen LogP contribution in [0.4, 0.5) is 5.69 Å². The number of rotatable bonds is 5. The maximum absolute atomic E-state index is 11.9. The van der Waals surface area contributed by atoms with E-state index in [2.05, 4.69) is 45.4 Å². The molecule has 4 nitrogen and oxygen atoms in total. The molecule has 1 aromatic carbocycles. The molecular formula is C15H18BrN3O. The lowest BCUT2D eigenvalue weighted by Crippen LogP contribution is -2.34. The minimum atomic E-state index is -0.0532. The second-order valence-electron chi connectivity index (χ2n) is 4.77. The quantitative estimate of drug-likeness (QED) is 0.881. The first-order valence-electron chi connectivity index (χ1n) is 6.67. The van der Waals surface area contributed by atoms with Gasteiger partial charge in [0, 0.05) is 22.1 Å². The van der Waals surface area contributed by atoms with Crippen molar-refractivity contribution in [1.82, 2.24) is 10.3 Å². The first-order valence-corrected chi connectivity index (χ1v) is 7.47. The molecule has 1 amide bonds. The number of anilines is 1. The number of amides is 1. The van der Waals surface area contributed by atoms with E-state index in [1.54, 1.807) is 6.20 Å². The number of nitrogens with zero attached hydrogens (tertiary/aromatic N) is 1. The van der Waals surface area contributed by atoms with Gasteiger partial charge in [-0.1, -0.05) is 19.1 Å². The van der Waals surface area contributed by atoms with Crippen LogP contribution in [0.5, 0.6) is 0 Å². The van der Waals surface area contributed by atoms with Crippen LogP contribution in [0.3, 0.4) is 0 Å². The molecule has 5 heteroatoms. The Hall–Kier alpha value is -1.46. The maximum atomic E-state index is 11.9. The van der Waals surface area contributed by atoms with Gasteiger partial charge in [0.05, 0.1) is 17.7 Å². The molecule has 0 aliphatic carbocycles. The molecule has 20 heavy (non-hydrogen) atoms. The number of pyridine rings is 1. The monoisotopic (exact) mass is 335 g/mol. The van der Waals surface area contributed by atoms with E-state index in [0.717, 1.165) is 27.5 Å². The highest BCUT2D eigenvalue weighted by Gasteiger charge is 2.08. The average Bonchev–Trinajstić information content (AvgIpc) is 2.44. The Morgan fingerprint density at radius 3 is 3.00 bits per heavy atom. The second-order valence-corrected chi connectivity index (χ2v) is 5.68. The average molecular weight is 336 g/mol. The second kappa shape index (κ2) is 6.81. The van der Waals surface area contributed by atoms with Crippen LogP contribution in [-0.2, 0) is 4.79 Å². The molecule has 1 heterocycles. The zero-order valence-corrected chi connectivity index (χ0v) is 13.2. The van der Waals surface area contributed by atoms with Crippen LogP contribution in [-0.4, -0.2) is 23.5 Å². The van der Waals surface area contributed by atoms with E-state index in [4.69, 9.17) is 0 Å². The third kappa shape index (κ3) is 3.77. The van der Waals surface area contributed by atoms with E-state index in [1.807, 2.05) is 24.3 Å². The normalized spacial score (nSPS) is 12.3. The van der Waals surface area contributed by atoms with Gasteiger partial charge in [-0.3, -0.25) is 9.78 Å². The van der Waals surface area contributed by atoms with Crippen molar-refractivity contribution >= 4 is 38.4 Å². The number of carbonyl (C=O) groups excluding carboxylic acids is 1. The Labute approximate surface area is 127 Å². The SMILES string of the molecule is CCC(C)NCC(=O)Nc1cccc2cc(Br)cnc12. The topological polar surface area (TPSA) is 54.0 Å². The van der Waals surface area contributed by atoms with Gasteiger partial charge in [0.25, 0.3) is 0 Å². The van der Waals surface area contributed by atoms with Gasteiger partial charge in [-0.25, -0.2) is 0 Å². The van der Waals surface area contributed by atoms with Crippen molar-refractivity contribution < 1.29 is 4.79 Å². The lowest BCUT2D eigenvalue weighted by Gasteiger charge is -2.12. The van der Waals surface area contributed by atoms with Gasteiger partial charge in [-0.2, -0.15) is 0 Å². The number of para-hydroxylation sites is 1. The van der Waals surface area contributed by atoms with Crippen molar-refractivity contribution in [2.24, 2.45) is 0 Å². The molecule has 2 aromatic rings. The summed E-state index contributed by atoms with van der Waals surface area (Å²) in [6.45, 7) is 4.45. The highest BCUT2D eigenvalue weighted by molar-refractivity contribution is 9.10. The summed E-state index contributed by atoms with van der Waals surface area (Å²) in [4.78, 5) is 16.3. The number of aromatic nitrogens is 1. The fourth-order valence-corrected chi connectivity index (χ4v) is 2.19. The van der Waals surface area contributed by atoms with Crippen LogP contribution in [0, 0.1) is 0 Å². The van der Waals surface area contributed by atoms with Gasteiger partial charge >= 0.3 is 0 Å². The Bertz CT molecular complexity index is 615. The molecule has 0 aliphatic heterocycles. The number of nitrogens with one attached hydrogen (secondary N) is 2. The molecule has 0 radical (unpaired) electrons. The maximum Gasteiger partial charge on any atom is 0.238 e. The Morgan fingerprint density at radius 1 is 1.45 bits per heavy atom. The van der Waals surface area contributed by atoms with E-state index in [1.165, 1.54) is 0 Å². The molecule has 2 rings (SSSR count). The van der Waals surface area contributed by atoms with Crippen molar-refractivity contribution in [3.05, 3.63) is 34.9 Å². The molecule has 1 aromatic heterocycles. The lowest BCUT2D eigenvalue weighted by atomic mass is 10.2. The zero-order chi connectivity index (χ0) is 14.5. The third-order valence-corrected chi connectivity index (χ3v) is 3.61. The van der Waals surface area contributed by atoms with Crippen LogP contribution in [0.1, 0.15) is 20.3 Å².